The topological polar surface area (TPSA) is 105 Å². The van der Waals surface area contributed by atoms with Crippen molar-refractivity contribution in [2.45, 2.75) is 37.6 Å². The minimum atomic E-state index is -3.82. The van der Waals surface area contributed by atoms with Gasteiger partial charge in [0, 0.05) is 40.5 Å². The van der Waals surface area contributed by atoms with E-state index in [0.717, 1.165) is 4.88 Å². The van der Waals surface area contributed by atoms with Gasteiger partial charge >= 0.3 is 6.09 Å². The van der Waals surface area contributed by atoms with Crippen LogP contribution in [0.3, 0.4) is 0 Å². The molecule has 0 unspecified atom stereocenters. The van der Waals surface area contributed by atoms with Crippen molar-refractivity contribution in [2.75, 3.05) is 25.0 Å². The molecule has 1 fully saturated rings. The number of aryl methyl sites for hydroxylation is 1. The van der Waals surface area contributed by atoms with E-state index in [1.807, 2.05) is 13.0 Å². The van der Waals surface area contributed by atoms with Crippen molar-refractivity contribution in [1.29, 1.82) is 0 Å². The molecule has 0 radical (unpaired) electrons. The predicted octanol–water partition coefficient (Wildman–Crippen LogP) is 4.36. The van der Waals surface area contributed by atoms with Crippen molar-refractivity contribution < 1.29 is 22.7 Å². The fraction of sp³-hybridized carbons (Fsp3) is 0.333. The summed E-state index contributed by atoms with van der Waals surface area (Å²) in [7, 11) is -3.82. The lowest BCUT2D eigenvalue weighted by molar-refractivity contribution is 0.0965. The van der Waals surface area contributed by atoms with E-state index in [-0.39, 0.29) is 22.9 Å². The van der Waals surface area contributed by atoms with Gasteiger partial charge in [0.1, 0.15) is 0 Å². The number of ether oxygens (including phenoxy) is 1. The highest BCUT2D eigenvalue weighted by Gasteiger charge is 2.28. The van der Waals surface area contributed by atoms with E-state index >= 15 is 0 Å². The van der Waals surface area contributed by atoms with E-state index < -0.39 is 10.0 Å². The highest BCUT2D eigenvalue weighted by Crippen LogP contribution is 2.30. The molecule has 3 aromatic rings. The minimum Gasteiger partial charge on any atom is -0.450 e. The van der Waals surface area contributed by atoms with Gasteiger partial charge < -0.3 is 15.0 Å². The summed E-state index contributed by atoms with van der Waals surface area (Å²) < 4.78 is 34.4. The first-order valence-corrected chi connectivity index (χ1v) is 13.4. The molecule has 2 N–H and O–H groups in total. The standard InChI is InChI=1S/C24H27N3O5S2/c1-3-32-24(29)27-14-12-17(13-15-27)26-34(30,31)22-9-5-6-18-19(22)7-4-8-20(18)25-23(28)21-11-10-16(2)33-21/h4-11,17,26H,3,12-15H2,1-2H3,(H,25,28). The number of amides is 2. The highest BCUT2D eigenvalue weighted by atomic mass is 32.2. The number of benzene rings is 2. The minimum absolute atomic E-state index is 0.154. The molecule has 0 saturated carbocycles. The number of anilines is 1. The summed E-state index contributed by atoms with van der Waals surface area (Å²) >= 11 is 1.40. The lowest BCUT2D eigenvalue weighted by atomic mass is 10.1. The molecule has 0 atom stereocenters. The summed E-state index contributed by atoms with van der Waals surface area (Å²) in [4.78, 5) is 27.9. The maximum absolute atomic E-state index is 13.3. The van der Waals surface area contributed by atoms with Crippen molar-refractivity contribution in [1.82, 2.24) is 9.62 Å². The van der Waals surface area contributed by atoms with Crippen LogP contribution in [0.15, 0.2) is 53.4 Å². The lowest BCUT2D eigenvalue weighted by Crippen LogP contribution is -2.46. The second-order valence-electron chi connectivity index (χ2n) is 8.10. The molecule has 180 valence electrons. The third-order valence-electron chi connectivity index (χ3n) is 5.73. The number of nitrogens with zero attached hydrogens (tertiary/aromatic N) is 1. The van der Waals surface area contributed by atoms with Gasteiger partial charge in [0.25, 0.3) is 5.91 Å². The number of carbonyl (C=O) groups is 2. The Hall–Kier alpha value is -2.95. The van der Waals surface area contributed by atoms with Crippen LogP contribution in [-0.2, 0) is 14.8 Å². The van der Waals surface area contributed by atoms with Crippen LogP contribution in [0, 0.1) is 6.92 Å². The van der Waals surface area contributed by atoms with Gasteiger partial charge in [-0.15, -0.1) is 11.3 Å². The van der Waals surface area contributed by atoms with Crippen LogP contribution < -0.4 is 10.0 Å². The van der Waals surface area contributed by atoms with Crippen LogP contribution in [0.25, 0.3) is 10.8 Å². The fourth-order valence-corrected chi connectivity index (χ4v) is 6.33. The molecule has 8 nitrogen and oxygen atoms in total. The van der Waals surface area contributed by atoms with Crippen molar-refractivity contribution >= 4 is 49.8 Å². The van der Waals surface area contributed by atoms with E-state index in [9.17, 15) is 18.0 Å². The molecule has 34 heavy (non-hydrogen) atoms. The largest absolute Gasteiger partial charge is 0.450 e. The van der Waals surface area contributed by atoms with Gasteiger partial charge in [0.15, 0.2) is 0 Å². The number of thiophene rings is 1. The van der Waals surface area contributed by atoms with E-state index in [1.54, 1.807) is 54.3 Å². The maximum atomic E-state index is 13.3. The lowest BCUT2D eigenvalue weighted by Gasteiger charge is -2.31. The Labute approximate surface area is 203 Å². The molecule has 0 aliphatic carbocycles. The number of likely N-dealkylation sites (tertiary alicyclic amines) is 1. The van der Waals surface area contributed by atoms with Gasteiger partial charge in [0.05, 0.1) is 16.4 Å². The van der Waals surface area contributed by atoms with Crippen molar-refractivity contribution in [3.05, 3.63) is 58.3 Å². The molecular formula is C24H27N3O5S2. The zero-order valence-corrected chi connectivity index (χ0v) is 20.7. The molecule has 2 aromatic carbocycles. The molecule has 2 heterocycles. The second-order valence-corrected chi connectivity index (χ2v) is 11.1. The quantitative estimate of drug-likeness (QED) is 0.522. The Bertz CT molecular complexity index is 1310. The number of sulfonamides is 1. The predicted molar refractivity (Wildman–Crippen MR) is 133 cm³/mol. The van der Waals surface area contributed by atoms with E-state index in [1.165, 1.54) is 11.3 Å². The molecule has 1 saturated heterocycles. The molecule has 2 amide bonds. The maximum Gasteiger partial charge on any atom is 0.409 e. The average molecular weight is 502 g/mol. The number of carbonyl (C=O) groups excluding carboxylic acids is 2. The summed E-state index contributed by atoms with van der Waals surface area (Å²) in [5, 5.41) is 4.08. The second kappa shape index (κ2) is 10.1. The summed E-state index contributed by atoms with van der Waals surface area (Å²) in [5.74, 6) is -0.231. The number of fused-ring (bicyclic) bond motifs is 1. The molecule has 0 bridgehead atoms. The Morgan fingerprint density at radius 3 is 2.44 bits per heavy atom. The third kappa shape index (κ3) is 5.24. The van der Waals surface area contributed by atoms with Crippen molar-refractivity contribution in [3.63, 3.8) is 0 Å². The van der Waals surface area contributed by atoms with Crippen LogP contribution in [-0.4, -0.2) is 51.1 Å². The van der Waals surface area contributed by atoms with Crippen LogP contribution >= 0.6 is 11.3 Å². The van der Waals surface area contributed by atoms with Gasteiger partial charge in [-0.05, 0) is 51.0 Å². The normalized spacial score (nSPS) is 14.8. The van der Waals surface area contributed by atoms with Gasteiger partial charge in [-0.25, -0.2) is 17.9 Å². The van der Waals surface area contributed by atoms with E-state index in [4.69, 9.17) is 4.74 Å². The first-order valence-electron chi connectivity index (χ1n) is 11.1. The summed E-state index contributed by atoms with van der Waals surface area (Å²) in [6, 6.07) is 13.6. The zero-order chi connectivity index (χ0) is 24.3. The fourth-order valence-electron chi connectivity index (χ4n) is 4.04. The molecule has 10 heteroatoms. The van der Waals surface area contributed by atoms with E-state index in [0.29, 0.717) is 53.9 Å². The number of hydrogen-bond acceptors (Lipinski definition) is 6. The monoisotopic (exact) mass is 501 g/mol. The SMILES string of the molecule is CCOC(=O)N1CCC(NS(=O)(=O)c2cccc3c(NC(=O)c4ccc(C)s4)cccc23)CC1. The van der Waals surface area contributed by atoms with Gasteiger partial charge in [-0.2, -0.15) is 0 Å². The first-order chi connectivity index (χ1) is 16.3. The van der Waals surface area contributed by atoms with Gasteiger partial charge in [0.2, 0.25) is 10.0 Å². The van der Waals surface area contributed by atoms with Crippen molar-refractivity contribution in [2.24, 2.45) is 0 Å². The summed E-state index contributed by atoms with van der Waals surface area (Å²) in [6.07, 6.45) is 0.638. The molecule has 1 aromatic heterocycles. The number of hydrogen-bond donors (Lipinski definition) is 2. The Balaban J connectivity index is 1.53. The number of rotatable bonds is 6. The van der Waals surface area contributed by atoms with Crippen molar-refractivity contribution in [3.8, 4) is 0 Å². The molecule has 0 spiro atoms. The summed E-state index contributed by atoms with van der Waals surface area (Å²) in [5.41, 5.74) is 0.549. The van der Waals surface area contributed by atoms with Crippen LogP contribution in [0.1, 0.15) is 34.3 Å². The molecule has 1 aliphatic rings. The van der Waals surface area contributed by atoms with Crippen LogP contribution in [0.2, 0.25) is 0 Å². The Kier molecular flexibility index (Phi) is 7.20. The molecular weight excluding hydrogens is 474 g/mol. The molecule has 1 aliphatic heterocycles. The van der Waals surface area contributed by atoms with Crippen LogP contribution in [0.4, 0.5) is 10.5 Å². The first kappa shape index (κ1) is 24.2. The van der Waals surface area contributed by atoms with Crippen LogP contribution in [0.5, 0.6) is 0 Å². The summed E-state index contributed by atoms with van der Waals surface area (Å²) in [6.45, 7) is 4.86. The Morgan fingerprint density at radius 1 is 1.06 bits per heavy atom. The average Bonchev–Trinajstić information content (AvgIpc) is 3.26. The zero-order valence-electron chi connectivity index (χ0n) is 19.0. The van der Waals surface area contributed by atoms with Gasteiger partial charge in [-0.1, -0.05) is 24.3 Å². The molecule has 4 rings (SSSR count). The highest BCUT2D eigenvalue weighted by molar-refractivity contribution is 7.89. The number of nitrogens with one attached hydrogen (secondary N) is 2. The number of piperidine rings is 1. The Morgan fingerprint density at radius 2 is 1.76 bits per heavy atom. The smallest absolute Gasteiger partial charge is 0.409 e. The van der Waals surface area contributed by atoms with Gasteiger partial charge in [-0.3, -0.25) is 4.79 Å². The third-order valence-corrected chi connectivity index (χ3v) is 8.30. The van der Waals surface area contributed by atoms with E-state index in [2.05, 4.69) is 10.0 Å².